The Morgan fingerprint density at radius 3 is 1.79 bits per heavy atom. The summed E-state index contributed by atoms with van der Waals surface area (Å²) in [6.45, 7) is 11.3. The van der Waals surface area contributed by atoms with Crippen LogP contribution in [0.2, 0.25) is 0 Å². The van der Waals surface area contributed by atoms with E-state index in [2.05, 4.69) is 0 Å². The third-order valence-corrected chi connectivity index (χ3v) is 2.38. The molecule has 0 heterocycles. The number of hydrogen-bond acceptors (Lipinski definition) is 2. The van der Waals surface area contributed by atoms with E-state index in [1.807, 2.05) is 41.5 Å². The van der Waals surface area contributed by atoms with E-state index in [1.54, 1.807) is 0 Å². The Balaban J connectivity index is 4.27. The molecular weight excluding hydrogens is 176 g/mol. The van der Waals surface area contributed by atoms with Gasteiger partial charge in [0.15, 0.2) is 0 Å². The van der Waals surface area contributed by atoms with Gasteiger partial charge in [-0.25, -0.2) is 0 Å². The lowest BCUT2D eigenvalue weighted by Crippen LogP contribution is -2.26. The van der Waals surface area contributed by atoms with Crippen LogP contribution in [0.3, 0.4) is 0 Å². The maximum absolute atomic E-state index is 11.6. The molecule has 0 aliphatic carbocycles. The van der Waals surface area contributed by atoms with Crippen LogP contribution in [0.25, 0.3) is 0 Å². The molecule has 14 heavy (non-hydrogen) atoms. The molecule has 0 aromatic heterocycles. The van der Waals surface area contributed by atoms with Crippen LogP contribution in [-0.2, 0) is 9.59 Å². The van der Waals surface area contributed by atoms with Gasteiger partial charge < -0.3 is 0 Å². The van der Waals surface area contributed by atoms with Gasteiger partial charge in [0.25, 0.3) is 0 Å². The second kappa shape index (κ2) is 4.72. The summed E-state index contributed by atoms with van der Waals surface area (Å²) in [6.07, 6.45) is 0.376. The molecule has 0 aliphatic heterocycles. The predicted molar refractivity (Wildman–Crippen MR) is 58.1 cm³/mol. The predicted octanol–water partition coefficient (Wildman–Crippen LogP) is 2.85. The van der Waals surface area contributed by atoms with Crippen LogP contribution in [0, 0.1) is 17.3 Å². The van der Waals surface area contributed by atoms with E-state index in [0.717, 1.165) is 0 Å². The molecule has 0 aliphatic rings. The van der Waals surface area contributed by atoms with E-state index in [-0.39, 0.29) is 28.8 Å². The van der Waals surface area contributed by atoms with Gasteiger partial charge in [-0.05, 0) is 0 Å². The smallest absolute Gasteiger partial charge is 0.138 e. The minimum Gasteiger partial charge on any atom is -0.299 e. The van der Waals surface area contributed by atoms with Crippen molar-refractivity contribution in [2.75, 3.05) is 0 Å². The first kappa shape index (κ1) is 13.3. The molecule has 0 rings (SSSR count). The number of hydrogen-bond donors (Lipinski definition) is 0. The average molecular weight is 198 g/mol. The van der Waals surface area contributed by atoms with Crippen LogP contribution in [-0.4, -0.2) is 11.6 Å². The molecule has 0 amide bonds. The van der Waals surface area contributed by atoms with Gasteiger partial charge in [-0.15, -0.1) is 0 Å². The second-order valence-electron chi connectivity index (χ2n) is 5.34. The summed E-state index contributed by atoms with van der Waals surface area (Å²) in [5.41, 5.74) is -0.328. The van der Waals surface area contributed by atoms with E-state index in [4.69, 9.17) is 0 Å². The highest BCUT2D eigenvalue weighted by atomic mass is 16.1. The third-order valence-electron chi connectivity index (χ3n) is 2.38. The average Bonchev–Trinajstić information content (AvgIpc) is 2.00. The Bertz CT molecular complexity index is 221. The zero-order chi connectivity index (χ0) is 11.5. The normalized spacial score (nSPS) is 14.2. The summed E-state index contributed by atoms with van der Waals surface area (Å²) in [5, 5.41) is 0. The first-order chi connectivity index (χ1) is 6.16. The number of rotatable bonds is 4. The lowest BCUT2D eigenvalue weighted by molar-refractivity contribution is -0.132. The molecule has 0 bridgehead atoms. The van der Waals surface area contributed by atoms with E-state index >= 15 is 0 Å². The fraction of sp³-hybridized carbons (Fsp3) is 0.833. The van der Waals surface area contributed by atoms with Crippen molar-refractivity contribution in [3.63, 3.8) is 0 Å². The van der Waals surface area contributed by atoms with E-state index < -0.39 is 0 Å². The molecule has 0 spiro atoms. The van der Waals surface area contributed by atoms with Gasteiger partial charge in [0, 0.05) is 23.7 Å². The van der Waals surface area contributed by atoms with Crippen LogP contribution in [0.4, 0.5) is 0 Å². The van der Waals surface area contributed by atoms with Crippen molar-refractivity contribution in [3.8, 4) is 0 Å². The van der Waals surface area contributed by atoms with Gasteiger partial charge in [0.1, 0.15) is 11.6 Å². The molecular formula is C12H22O2. The molecule has 0 saturated heterocycles. The van der Waals surface area contributed by atoms with Crippen molar-refractivity contribution >= 4 is 11.6 Å². The highest BCUT2D eigenvalue weighted by Crippen LogP contribution is 2.21. The van der Waals surface area contributed by atoms with Gasteiger partial charge in [-0.3, -0.25) is 9.59 Å². The highest BCUT2D eigenvalue weighted by Gasteiger charge is 2.26. The number of ketones is 2. The maximum Gasteiger partial charge on any atom is 0.138 e. The minimum absolute atomic E-state index is 0.0257. The van der Waals surface area contributed by atoms with Crippen molar-refractivity contribution in [2.45, 2.75) is 48.0 Å². The van der Waals surface area contributed by atoms with Crippen LogP contribution < -0.4 is 0 Å². The van der Waals surface area contributed by atoms with Gasteiger partial charge >= 0.3 is 0 Å². The monoisotopic (exact) mass is 198 g/mol. The molecule has 0 N–H and O–H groups in total. The standard InChI is InChI=1S/C12H22O2/c1-8(2)11(14)9(3)7-10(13)12(4,5)6/h8-9H,7H2,1-6H3. The van der Waals surface area contributed by atoms with Crippen molar-refractivity contribution < 1.29 is 9.59 Å². The van der Waals surface area contributed by atoms with Gasteiger partial charge in [0.2, 0.25) is 0 Å². The third kappa shape index (κ3) is 4.03. The zero-order valence-corrected chi connectivity index (χ0v) is 10.2. The van der Waals surface area contributed by atoms with Crippen molar-refractivity contribution in [2.24, 2.45) is 17.3 Å². The largest absolute Gasteiger partial charge is 0.299 e. The highest BCUT2D eigenvalue weighted by molar-refractivity contribution is 5.90. The van der Waals surface area contributed by atoms with Gasteiger partial charge in [-0.1, -0.05) is 41.5 Å². The molecule has 2 nitrogen and oxygen atoms in total. The molecule has 0 saturated carbocycles. The SMILES string of the molecule is CC(C)C(=O)C(C)CC(=O)C(C)(C)C. The Morgan fingerprint density at radius 2 is 1.50 bits per heavy atom. The summed E-state index contributed by atoms with van der Waals surface area (Å²) in [7, 11) is 0. The Labute approximate surface area is 87.1 Å². The van der Waals surface area contributed by atoms with Crippen LogP contribution in [0.5, 0.6) is 0 Å². The first-order valence-corrected chi connectivity index (χ1v) is 5.23. The van der Waals surface area contributed by atoms with Crippen LogP contribution in [0.1, 0.15) is 48.0 Å². The van der Waals surface area contributed by atoms with Crippen LogP contribution >= 0.6 is 0 Å². The maximum atomic E-state index is 11.6. The Morgan fingerprint density at radius 1 is 1.07 bits per heavy atom. The van der Waals surface area contributed by atoms with E-state index in [1.165, 1.54) is 0 Å². The molecule has 0 radical (unpaired) electrons. The van der Waals surface area contributed by atoms with E-state index in [0.29, 0.717) is 6.42 Å². The lowest BCUT2D eigenvalue weighted by atomic mass is 9.83. The topological polar surface area (TPSA) is 34.1 Å². The fourth-order valence-corrected chi connectivity index (χ4v) is 1.25. The number of carbonyl (C=O) groups is 2. The molecule has 2 heteroatoms. The summed E-state index contributed by atoms with van der Waals surface area (Å²) in [5.74, 6) is 0.237. The Kier molecular flexibility index (Phi) is 4.50. The Hall–Kier alpha value is -0.660. The molecule has 1 atom stereocenters. The number of carbonyl (C=O) groups excluding carboxylic acids is 2. The molecule has 1 unspecified atom stereocenters. The first-order valence-electron chi connectivity index (χ1n) is 5.23. The quantitative estimate of drug-likeness (QED) is 0.696. The molecule has 0 aromatic rings. The van der Waals surface area contributed by atoms with Crippen molar-refractivity contribution in [1.29, 1.82) is 0 Å². The number of Topliss-reactive ketones (excluding diaryl/α,β-unsaturated/α-hetero) is 2. The van der Waals surface area contributed by atoms with Crippen molar-refractivity contribution in [3.05, 3.63) is 0 Å². The summed E-state index contributed by atoms with van der Waals surface area (Å²) >= 11 is 0. The van der Waals surface area contributed by atoms with Crippen LogP contribution in [0.15, 0.2) is 0 Å². The molecule has 0 aromatic carbocycles. The second-order valence-corrected chi connectivity index (χ2v) is 5.34. The van der Waals surface area contributed by atoms with Crippen molar-refractivity contribution in [1.82, 2.24) is 0 Å². The fourth-order valence-electron chi connectivity index (χ4n) is 1.25. The summed E-state index contributed by atoms with van der Waals surface area (Å²) in [4.78, 5) is 23.2. The molecule has 0 fully saturated rings. The summed E-state index contributed by atoms with van der Waals surface area (Å²) < 4.78 is 0. The van der Waals surface area contributed by atoms with Gasteiger partial charge in [-0.2, -0.15) is 0 Å². The zero-order valence-electron chi connectivity index (χ0n) is 10.2. The minimum atomic E-state index is -0.328. The van der Waals surface area contributed by atoms with E-state index in [9.17, 15) is 9.59 Å². The summed E-state index contributed by atoms with van der Waals surface area (Å²) in [6, 6.07) is 0. The lowest BCUT2D eigenvalue weighted by Gasteiger charge is -2.19. The van der Waals surface area contributed by atoms with Gasteiger partial charge in [0.05, 0.1) is 0 Å². The molecule has 82 valence electrons.